The van der Waals surface area contributed by atoms with Crippen molar-refractivity contribution < 1.29 is 14.3 Å². The fraction of sp³-hybridized carbons (Fsp3) is 0.478. The minimum absolute atomic E-state index is 0.00949. The molecule has 1 amide bonds. The lowest BCUT2D eigenvalue weighted by Gasteiger charge is -2.31. The van der Waals surface area contributed by atoms with Crippen LogP contribution < -0.4 is 0 Å². The van der Waals surface area contributed by atoms with Crippen molar-refractivity contribution in [3.05, 3.63) is 54.4 Å². The number of esters is 1. The van der Waals surface area contributed by atoms with Crippen molar-refractivity contribution in [1.82, 2.24) is 9.47 Å². The molecule has 5 heteroatoms. The predicted molar refractivity (Wildman–Crippen MR) is 110 cm³/mol. The topological polar surface area (TPSA) is 51.5 Å². The lowest BCUT2D eigenvalue weighted by atomic mass is 10.0. The molecule has 1 aliphatic rings. The maximum Gasteiger partial charge on any atom is 0.307 e. The van der Waals surface area contributed by atoms with Crippen LogP contribution in [0.2, 0.25) is 0 Å². The number of carbonyl (C=O) groups excluding carboxylic acids is 2. The summed E-state index contributed by atoms with van der Waals surface area (Å²) in [6.07, 6.45) is 11.0. The molecule has 1 aromatic carbocycles. The molecule has 0 saturated heterocycles. The summed E-state index contributed by atoms with van der Waals surface area (Å²) in [5.41, 5.74) is 1.69. The van der Waals surface area contributed by atoms with E-state index >= 15 is 0 Å². The maximum absolute atomic E-state index is 13.3. The molecule has 0 unspecified atom stereocenters. The third-order valence-corrected chi connectivity index (χ3v) is 5.41. The van der Waals surface area contributed by atoms with Crippen LogP contribution in [0.5, 0.6) is 0 Å². The summed E-state index contributed by atoms with van der Waals surface area (Å²) in [7, 11) is 0. The van der Waals surface area contributed by atoms with Crippen molar-refractivity contribution in [3.8, 4) is 5.69 Å². The Bertz CT molecular complexity index is 745. The Labute approximate surface area is 167 Å². The fourth-order valence-electron chi connectivity index (χ4n) is 3.91. The van der Waals surface area contributed by atoms with Gasteiger partial charge < -0.3 is 14.2 Å². The van der Waals surface area contributed by atoms with Gasteiger partial charge in [-0.05, 0) is 56.2 Å². The van der Waals surface area contributed by atoms with E-state index in [2.05, 4.69) is 0 Å². The number of hydrogen-bond donors (Lipinski definition) is 0. The van der Waals surface area contributed by atoms with Crippen LogP contribution in [-0.4, -0.2) is 40.5 Å². The van der Waals surface area contributed by atoms with Crippen LogP contribution in [0.3, 0.4) is 0 Å². The molecular weight excluding hydrogens is 352 g/mol. The molecule has 1 saturated carbocycles. The van der Waals surface area contributed by atoms with Crippen LogP contribution in [0.4, 0.5) is 0 Å². The zero-order valence-corrected chi connectivity index (χ0v) is 16.7. The molecule has 0 aliphatic heterocycles. The highest BCUT2D eigenvalue weighted by Gasteiger charge is 2.26. The first-order valence-electron chi connectivity index (χ1n) is 10.4. The van der Waals surface area contributed by atoms with Crippen molar-refractivity contribution in [3.63, 3.8) is 0 Å². The highest BCUT2D eigenvalue weighted by Crippen LogP contribution is 2.24. The number of ether oxygens (including phenoxy) is 1. The van der Waals surface area contributed by atoms with E-state index in [1.807, 2.05) is 58.3 Å². The number of aromatic nitrogens is 1. The van der Waals surface area contributed by atoms with E-state index in [0.717, 1.165) is 31.4 Å². The Kier molecular flexibility index (Phi) is 7.29. The average Bonchev–Trinajstić information content (AvgIpc) is 3.12. The highest BCUT2D eigenvalue weighted by atomic mass is 16.5. The van der Waals surface area contributed by atoms with Gasteiger partial charge in [-0.1, -0.05) is 25.7 Å². The zero-order chi connectivity index (χ0) is 19.8. The standard InChI is InChI=1S/C23H30N2O3/c1-2-28-22(26)15-18-25(21-9-5-3-4-6-10-21)23(27)19-11-13-20(14-12-19)24-16-7-8-17-24/h7-8,11-14,16-17,21H,2-6,9-10,15,18H2,1H3. The summed E-state index contributed by atoms with van der Waals surface area (Å²) in [5, 5.41) is 0. The van der Waals surface area contributed by atoms with Crippen molar-refractivity contribution in [2.75, 3.05) is 13.2 Å². The van der Waals surface area contributed by atoms with Gasteiger partial charge in [0.05, 0.1) is 13.0 Å². The van der Waals surface area contributed by atoms with E-state index in [1.54, 1.807) is 6.92 Å². The number of nitrogens with zero attached hydrogens (tertiary/aromatic N) is 2. The van der Waals surface area contributed by atoms with Crippen molar-refractivity contribution in [1.29, 1.82) is 0 Å². The van der Waals surface area contributed by atoms with E-state index in [-0.39, 0.29) is 24.3 Å². The molecule has 1 fully saturated rings. The Hall–Kier alpha value is -2.56. The minimum atomic E-state index is -0.239. The molecular formula is C23H30N2O3. The first-order valence-corrected chi connectivity index (χ1v) is 10.4. The second kappa shape index (κ2) is 10.1. The Morgan fingerprint density at radius 2 is 1.68 bits per heavy atom. The predicted octanol–water partition coefficient (Wildman–Crippen LogP) is 4.60. The van der Waals surface area contributed by atoms with Gasteiger partial charge >= 0.3 is 5.97 Å². The number of benzene rings is 1. The van der Waals surface area contributed by atoms with Gasteiger partial charge in [0, 0.05) is 36.2 Å². The minimum Gasteiger partial charge on any atom is -0.466 e. The molecule has 0 N–H and O–H groups in total. The second-order valence-electron chi connectivity index (χ2n) is 7.34. The summed E-state index contributed by atoms with van der Waals surface area (Å²) in [6, 6.07) is 11.8. The van der Waals surface area contributed by atoms with Gasteiger partial charge in [-0.15, -0.1) is 0 Å². The molecule has 5 nitrogen and oxygen atoms in total. The number of rotatable bonds is 7. The monoisotopic (exact) mass is 382 g/mol. The lowest BCUT2D eigenvalue weighted by molar-refractivity contribution is -0.143. The Morgan fingerprint density at radius 1 is 1.04 bits per heavy atom. The number of carbonyl (C=O) groups is 2. The third-order valence-electron chi connectivity index (χ3n) is 5.41. The quantitative estimate of drug-likeness (QED) is 0.520. The van der Waals surface area contributed by atoms with E-state index in [9.17, 15) is 9.59 Å². The molecule has 2 aromatic rings. The summed E-state index contributed by atoms with van der Waals surface area (Å²) in [5.74, 6) is -0.230. The number of hydrogen-bond acceptors (Lipinski definition) is 3. The van der Waals surface area contributed by atoms with Crippen LogP contribution in [0.1, 0.15) is 62.2 Å². The first kappa shape index (κ1) is 20.2. The SMILES string of the molecule is CCOC(=O)CCN(C(=O)c1ccc(-n2cccc2)cc1)C1CCCCCC1. The van der Waals surface area contributed by atoms with Gasteiger partial charge in [-0.3, -0.25) is 9.59 Å². The summed E-state index contributed by atoms with van der Waals surface area (Å²) < 4.78 is 7.08. The summed E-state index contributed by atoms with van der Waals surface area (Å²) in [6.45, 7) is 2.59. The van der Waals surface area contributed by atoms with E-state index in [1.165, 1.54) is 12.8 Å². The second-order valence-corrected chi connectivity index (χ2v) is 7.34. The van der Waals surface area contributed by atoms with E-state index < -0.39 is 0 Å². The van der Waals surface area contributed by atoms with Crippen LogP contribution >= 0.6 is 0 Å². The highest BCUT2D eigenvalue weighted by molar-refractivity contribution is 5.94. The molecule has 0 radical (unpaired) electrons. The lowest BCUT2D eigenvalue weighted by Crippen LogP contribution is -2.41. The molecule has 1 heterocycles. The molecule has 1 aromatic heterocycles. The molecule has 0 spiro atoms. The largest absolute Gasteiger partial charge is 0.466 e. The molecule has 150 valence electrons. The molecule has 1 aliphatic carbocycles. The summed E-state index contributed by atoms with van der Waals surface area (Å²) >= 11 is 0. The van der Waals surface area contributed by atoms with Gasteiger partial charge in [0.25, 0.3) is 5.91 Å². The Morgan fingerprint density at radius 3 is 2.29 bits per heavy atom. The van der Waals surface area contributed by atoms with Gasteiger partial charge in [-0.2, -0.15) is 0 Å². The van der Waals surface area contributed by atoms with Gasteiger partial charge in [-0.25, -0.2) is 0 Å². The van der Waals surface area contributed by atoms with Crippen molar-refractivity contribution in [2.24, 2.45) is 0 Å². The zero-order valence-electron chi connectivity index (χ0n) is 16.7. The summed E-state index contributed by atoms with van der Waals surface area (Å²) in [4.78, 5) is 27.1. The molecule has 3 rings (SSSR count). The van der Waals surface area contributed by atoms with Gasteiger partial charge in [0.15, 0.2) is 0 Å². The van der Waals surface area contributed by atoms with Crippen LogP contribution in [0.15, 0.2) is 48.8 Å². The Balaban J connectivity index is 1.75. The molecule has 0 atom stereocenters. The average molecular weight is 383 g/mol. The van der Waals surface area contributed by atoms with E-state index in [4.69, 9.17) is 4.74 Å². The third kappa shape index (κ3) is 5.24. The van der Waals surface area contributed by atoms with Crippen LogP contribution in [-0.2, 0) is 9.53 Å². The smallest absolute Gasteiger partial charge is 0.307 e. The van der Waals surface area contributed by atoms with Crippen LogP contribution in [0, 0.1) is 0 Å². The molecule has 28 heavy (non-hydrogen) atoms. The normalized spacial score (nSPS) is 15.0. The van der Waals surface area contributed by atoms with Gasteiger partial charge in [0.1, 0.15) is 0 Å². The first-order chi connectivity index (χ1) is 13.7. The van der Waals surface area contributed by atoms with Crippen molar-refractivity contribution in [2.45, 2.75) is 57.9 Å². The number of amides is 1. The van der Waals surface area contributed by atoms with Crippen molar-refractivity contribution >= 4 is 11.9 Å². The van der Waals surface area contributed by atoms with Gasteiger partial charge in [0.2, 0.25) is 0 Å². The molecule has 0 bridgehead atoms. The van der Waals surface area contributed by atoms with E-state index in [0.29, 0.717) is 18.7 Å². The fourth-order valence-corrected chi connectivity index (χ4v) is 3.91. The maximum atomic E-state index is 13.3. The van der Waals surface area contributed by atoms with Crippen LogP contribution in [0.25, 0.3) is 5.69 Å².